The molecule has 4 rings (SSSR count). The second-order valence-electron chi connectivity index (χ2n) is 7.29. The second kappa shape index (κ2) is 4.44. The third-order valence-corrected chi connectivity index (χ3v) is 4.98. The maximum Gasteiger partial charge on any atom is 0.228 e. The van der Waals surface area contributed by atoms with Gasteiger partial charge in [0, 0.05) is 11.1 Å². The van der Waals surface area contributed by atoms with Gasteiger partial charge < -0.3 is 14.2 Å². The van der Waals surface area contributed by atoms with Crippen molar-refractivity contribution in [1.82, 2.24) is 0 Å². The lowest BCUT2D eigenvalue weighted by atomic mass is 9.86. The molecular weight excluding hydrogens is 288 g/mol. The number of fused-ring (bicyclic) bond motifs is 2. The first-order chi connectivity index (χ1) is 10.8. The largest absolute Gasteiger partial charge is 0.331 e. The smallest absolute Gasteiger partial charge is 0.228 e. The fourth-order valence-corrected chi connectivity index (χ4v) is 3.83. The van der Waals surface area contributed by atoms with E-state index in [0.717, 1.165) is 11.1 Å². The first kappa shape index (κ1) is 14.9. The van der Waals surface area contributed by atoms with Crippen LogP contribution in [0, 0.1) is 0 Å². The Kier molecular flexibility index (Phi) is 2.87. The van der Waals surface area contributed by atoms with Crippen molar-refractivity contribution in [2.24, 2.45) is 0 Å². The van der Waals surface area contributed by atoms with Gasteiger partial charge in [0.25, 0.3) is 0 Å². The maximum absolute atomic E-state index is 6.61. The van der Waals surface area contributed by atoms with Crippen LogP contribution in [0.3, 0.4) is 0 Å². The lowest BCUT2D eigenvalue weighted by molar-refractivity contribution is -0.298. The predicted octanol–water partition coefficient (Wildman–Crippen LogP) is 4.33. The maximum atomic E-state index is 6.61. The Hall–Kier alpha value is -1.68. The quantitative estimate of drug-likeness (QED) is 0.826. The summed E-state index contributed by atoms with van der Waals surface area (Å²) in [5, 5.41) is 0. The van der Waals surface area contributed by atoms with Gasteiger partial charge in [-0.15, -0.1) is 0 Å². The number of hydrogen-bond donors (Lipinski definition) is 0. The summed E-state index contributed by atoms with van der Waals surface area (Å²) in [6.07, 6.45) is 0. The topological polar surface area (TPSA) is 27.7 Å². The van der Waals surface area contributed by atoms with Crippen LogP contribution in [0.5, 0.6) is 0 Å². The Labute approximate surface area is 137 Å². The minimum absolute atomic E-state index is 0.611. The molecule has 120 valence electrons. The highest BCUT2D eigenvalue weighted by molar-refractivity contribution is 5.34. The molecule has 2 unspecified atom stereocenters. The van der Waals surface area contributed by atoms with Crippen molar-refractivity contribution in [2.45, 2.75) is 50.5 Å². The zero-order valence-corrected chi connectivity index (χ0v) is 14.0. The van der Waals surface area contributed by atoms with Crippen LogP contribution in [-0.4, -0.2) is 11.2 Å². The van der Waals surface area contributed by atoms with E-state index in [2.05, 4.69) is 0 Å². The standard InChI is InChI=1S/C20H22O3/c1-17(2)19(15-11-7-5-8-12-15)22-18(3,4)20(21-17,23-19)16-13-9-6-10-14-16/h5-14H,1-4H3. The predicted molar refractivity (Wildman–Crippen MR) is 87.7 cm³/mol. The summed E-state index contributed by atoms with van der Waals surface area (Å²) < 4.78 is 19.7. The van der Waals surface area contributed by atoms with E-state index >= 15 is 0 Å². The monoisotopic (exact) mass is 310 g/mol. The molecule has 2 aliphatic heterocycles. The van der Waals surface area contributed by atoms with Gasteiger partial charge in [0.05, 0.1) is 0 Å². The molecule has 0 saturated carbocycles. The highest BCUT2D eigenvalue weighted by Crippen LogP contribution is 2.66. The molecule has 2 aliphatic rings. The van der Waals surface area contributed by atoms with E-state index in [1.165, 1.54) is 0 Å². The van der Waals surface area contributed by atoms with Gasteiger partial charge in [0.1, 0.15) is 11.2 Å². The molecule has 0 amide bonds. The van der Waals surface area contributed by atoms with Gasteiger partial charge in [-0.1, -0.05) is 60.7 Å². The zero-order valence-electron chi connectivity index (χ0n) is 14.0. The van der Waals surface area contributed by atoms with Gasteiger partial charge in [0.2, 0.25) is 11.6 Å². The van der Waals surface area contributed by atoms with E-state index in [1.54, 1.807) is 0 Å². The fraction of sp³-hybridized carbons (Fsp3) is 0.400. The van der Waals surface area contributed by atoms with Gasteiger partial charge in [-0.3, -0.25) is 0 Å². The lowest BCUT2D eigenvalue weighted by Gasteiger charge is -2.46. The fourth-order valence-electron chi connectivity index (χ4n) is 3.83. The Balaban J connectivity index is 1.92. The zero-order chi connectivity index (χ0) is 16.3. The molecule has 0 N–H and O–H groups in total. The van der Waals surface area contributed by atoms with E-state index in [4.69, 9.17) is 14.2 Å². The van der Waals surface area contributed by atoms with Crippen LogP contribution in [0.15, 0.2) is 60.7 Å². The summed E-state index contributed by atoms with van der Waals surface area (Å²) in [6, 6.07) is 20.1. The molecular formula is C20H22O3. The van der Waals surface area contributed by atoms with Crippen molar-refractivity contribution >= 4 is 0 Å². The minimum Gasteiger partial charge on any atom is -0.331 e. The van der Waals surface area contributed by atoms with Crippen LogP contribution in [0.1, 0.15) is 38.8 Å². The summed E-state index contributed by atoms with van der Waals surface area (Å²) >= 11 is 0. The van der Waals surface area contributed by atoms with Gasteiger partial charge in [-0.25, -0.2) is 0 Å². The molecule has 2 fully saturated rings. The summed E-state index contributed by atoms with van der Waals surface area (Å²) in [7, 11) is 0. The van der Waals surface area contributed by atoms with Crippen molar-refractivity contribution in [3.8, 4) is 0 Å². The molecule has 2 saturated heterocycles. The summed E-state index contributed by atoms with van der Waals surface area (Å²) in [5.41, 5.74) is 0.737. The molecule has 2 heterocycles. The third-order valence-electron chi connectivity index (χ3n) is 4.98. The molecule has 0 aliphatic carbocycles. The van der Waals surface area contributed by atoms with Crippen LogP contribution >= 0.6 is 0 Å². The van der Waals surface area contributed by atoms with Gasteiger partial charge in [0.15, 0.2) is 0 Å². The van der Waals surface area contributed by atoms with Gasteiger partial charge in [-0.2, -0.15) is 0 Å². The molecule has 23 heavy (non-hydrogen) atoms. The molecule has 0 radical (unpaired) electrons. The van der Waals surface area contributed by atoms with Crippen molar-refractivity contribution in [2.75, 3.05) is 0 Å². The lowest BCUT2D eigenvalue weighted by Crippen LogP contribution is -2.56. The third kappa shape index (κ3) is 1.76. The molecule has 2 atom stereocenters. The highest BCUT2D eigenvalue weighted by Gasteiger charge is 2.77. The van der Waals surface area contributed by atoms with Crippen LogP contribution in [0.2, 0.25) is 0 Å². The van der Waals surface area contributed by atoms with Crippen molar-refractivity contribution in [3.05, 3.63) is 71.8 Å². The Bertz CT molecular complexity index is 660. The van der Waals surface area contributed by atoms with Gasteiger partial charge >= 0.3 is 0 Å². The molecule has 0 spiro atoms. The van der Waals surface area contributed by atoms with E-state index in [-0.39, 0.29) is 0 Å². The second-order valence-corrected chi connectivity index (χ2v) is 7.29. The van der Waals surface area contributed by atoms with Crippen LogP contribution in [0.25, 0.3) is 0 Å². The average Bonchev–Trinajstić information content (AvgIpc) is 2.93. The highest BCUT2D eigenvalue weighted by atomic mass is 16.9. The Morgan fingerprint density at radius 1 is 0.522 bits per heavy atom. The molecule has 2 aromatic rings. The average molecular weight is 310 g/mol. The summed E-state index contributed by atoms with van der Waals surface area (Å²) in [5.74, 6) is -1.85. The molecule has 0 aromatic heterocycles. The van der Waals surface area contributed by atoms with Crippen LogP contribution < -0.4 is 0 Å². The van der Waals surface area contributed by atoms with Crippen molar-refractivity contribution in [1.29, 1.82) is 0 Å². The van der Waals surface area contributed by atoms with E-state index in [1.807, 2.05) is 88.4 Å². The number of rotatable bonds is 2. The first-order valence-corrected chi connectivity index (χ1v) is 8.05. The van der Waals surface area contributed by atoms with E-state index in [9.17, 15) is 0 Å². The van der Waals surface area contributed by atoms with Gasteiger partial charge in [-0.05, 0) is 27.7 Å². The van der Waals surface area contributed by atoms with Crippen LogP contribution in [0.4, 0.5) is 0 Å². The number of hydrogen-bond acceptors (Lipinski definition) is 3. The Morgan fingerprint density at radius 3 is 1.22 bits per heavy atom. The molecule has 2 aromatic carbocycles. The number of ether oxygens (including phenoxy) is 3. The number of benzene rings is 2. The van der Waals surface area contributed by atoms with Crippen LogP contribution in [-0.2, 0) is 25.8 Å². The van der Waals surface area contributed by atoms with Crippen molar-refractivity contribution < 1.29 is 14.2 Å². The molecule has 3 nitrogen and oxygen atoms in total. The Morgan fingerprint density at radius 2 is 0.870 bits per heavy atom. The SMILES string of the molecule is CC1(C)OC2(c3ccccc3)OC1(c1ccccc1)OC2(C)C. The summed E-state index contributed by atoms with van der Waals surface area (Å²) in [6.45, 7) is 8.11. The normalized spacial score (nSPS) is 33.7. The van der Waals surface area contributed by atoms with E-state index in [0.29, 0.717) is 0 Å². The first-order valence-electron chi connectivity index (χ1n) is 8.05. The summed E-state index contributed by atoms with van der Waals surface area (Å²) in [4.78, 5) is 0. The van der Waals surface area contributed by atoms with Crippen molar-refractivity contribution in [3.63, 3.8) is 0 Å². The minimum atomic E-state index is -0.923. The molecule has 2 bridgehead atoms. The molecule has 3 heteroatoms. The van der Waals surface area contributed by atoms with E-state index < -0.39 is 22.8 Å².